The molecule has 1 aromatic rings. The highest BCUT2D eigenvalue weighted by Gasteiger charge is 2.21. The second-order valence-corrected chi connectivity index (χ2v) is 6.10. The van der Waals surface area contributed by atoms with Gasteiger partial charge in [-0.3, -0.25) is 4.79 Å². The number of carbonyl (C=O) groups is 2. The van der Waals surface area contributed by atoms with E-state index < -0.39 is 30.1 Å². The summed E-state index contributed by atoms with van der Waals surface area (Å²) in [7, 11) is 0. The Balaban J connectivity index is 2.55. The molecule has 24 heavy (non-hydrogen) atoms. The second-order valence-electron chi connectivity index (χ2n) is 6.10. The largest absolute Gasteiger partial charge is 0.449 e. The van der Waals surface area contributed by atoms with Gasteiger partial charge in [-0.2, -0.15) is 8.78 Å². The summed E-state index contributed by atoms with van der Waals surface area (Å²) in [5.74, 6) is -1.05. The Morgan fingerprint density at radius 3 is 2.25 bits per heavy atom. The maximum absolute atomic E-state index is 12.0. The maximum Gasteiger partial charge on any atom is 0.387 e. The van der Waals surface area contributed by atoms with Gasteiger partial charge < -0.3 is 14.8 Å². The Morgan fingerprint density at radius 1 is 1.17 bits per heavy atom. The predicted molar refractivity (Wildman–Crippen MR) is 85.6 cm³/mol. The van der Waals surface area contributed by atoms with Crippen LogP contribution in [0.4, 0.5) is 8.78 Å². The number of ether oxygens (including phenoxy) is 2. The van der Waals surface area contributed by atoms with Crippen LogP contribution in [-0.2, 0) is 14.3 Å². The molecule has 0 radical (unpaired) electrons. The fourth-order valence-electron chi connectivity index (χ4n) is 1.66. The van der Waals surface area contributed by atoms with Crippen LogP contribution in [0.5, 0.6) is 5.75 Å². The molecule has 1 atom stereocenters. The first kappa shape index (κ1) is 19.6. The third-order valence-corrected chi connectivity index (χ3v) is 2.68. The molecule has 7 heteroatoms. The van der Waals surface area contributed by atoms with E-state index in [0.717, 1.165) is 6.08 Å². The van der Waals surface area contributed by atoms with Crippen molar-refractivity contribution >= 4 is 18.0 Å². The third-order valence-electron chi connectivity index (χ3n) is 2.68. The zero-order valence-corrected chi connectivity index (χ0v) is 14.0. The SMILES string of the molecule is C[C@@H](OC(=O)/C=C/c1ccc(OC(F)F)cc1)C(=O)NC(C)(C)C. The molecule has 0 saturated heterocycles. The second kappa shape index (κ2) is 8.42. The minimum absolute atomic E-state index is 0.0252. The number of nitrogens with one attached hydrogen (secondary N) is 1. The highest BCUT2D eigenvalue weighted by Crippen LogP contribution is 2.15. The van der Waals surface area contributed by atoms with Crippen LogP contribution in [-0.4, -0.2) is 30.1 Å². The summed E-state index contributed by atoms with van der Waals surface area (Å²) in [4.78, 5) is 23.5. The van der Waals surface area contributed by atoms with Crippen molar-refractivity contribution in [2.45, 2.75) is 45.9 Å². The van der Waals surface area contributed by atoms with Crippen molar-refractivity contribution in [3.8, 4) is 5.75 Å². The number of hydrogen-bond acceptors (Lipinski definition) is 4. The van der Waals surface area contributed by atoms with Gasteiger partial charge in [0.2, 0.25) is 0 Å². The monoisotopic (exact) mass is 341 g/mol. The van der Waals surface area contributed by atoms with E-state index >= 15 is 0 Å². The Kier molecular flexibility index (Phi) is 6.88. The molecule has 1 aromatic carbocycles. The van der Waals surface area contributed by atoms with Crippen molar-refractivity contribution in [1.82, 2.24) is 5.32 Å². The van der Waals surface area contributed by atoms with Gasteiger partial charge in [0.25, 0.3) is 5.91 Å². The molecule has 1 rings (SSSR count). The van der Waals surface area contributed by atoms with E-state index in [2.05, 4.69) is 10.1 Å². The lowest BCUT2D eigenvalue weighted by Crippen LogP contribution is -2.46. The molecule has 0 bridgehead atoms. The average Bonchev–Trinajstić information content (AvgIpc) is 2.44. The summed E-state index contributed by atoms with van der Waals surface area (Å²) in [6.45, 7) is 4.05. The standard InChI is InChI=1S/C17H21F2NO4/c1-11(15(22)20-17(2,3)4)23-14(21)10-7-12-5-8-13(9-6-12)24-16(18)19/h5-11,16H,1-4H3,(H,20,22)/b10-7+/t11-/m1/s1. The van der Waals surface area contributed by atoms with Crippen LogP contribution in [0, 0.1) is 0 Å². The minimum Gasteiger partial charge on any atom is -0.449 e. The molecule has 0 heterocycles. The van der Waals surface area contributed by atoms with Crippen LogP contribution < -0.4 is 10.1 Å². The first-order valence-corrected chi connectivity index (χ1v) is 7.32. The first-order valence-electron chi connectivity index (χ1n) is 7.32. The number of amides is 1. The van der Waals surface area contributed by atoms with Crippen LogP contribution in [0.3, 0.4) is 0 Å². The van der Waals surface area contributed by atoms with Crippen molar-refractivity contribution in [3.05, 3.63) is 35.9 Å². The Morgan fingerprint density at radius 2 is 1.75 bits per heavy atom. The molecule has 0 saturated carbocycles. The van der Waals surface area contributed by atoms with Crippen molar-refractivity contribution < 1.29 is 27.8 Å². The molecule has 0 aliphatic heterocycles. The van der Waals surface area contributed by atoms with Crippen LogP contribution >= 0.6 is 0 Å². The van der Waals surface area contributed by atoms with E-state index in [1.54, 1.807) is 0 Å². The molecular formula is C17H21F2NO4. The fourth-order valence-corrected chi connectivity index (χ4v) is 1.66. The van der Waals surface area contributed by atoms with Gasteiger partial charge >= 0.3 is 12.6 Å². The lowest BCUT2D eigenvalue weighted by molar-refractivity contribution is -0.150. The van der Waals surface area contributed by atoms with Crippen molar-refractivity contribution in [2.24, 2.45) is 0 Å². The topological polar surface area (TPSA) is 64.6 Å². The Hall–Kier alpha value is -2.44. The maximum atomic E-state index is 12.0. The average molecular weight is 341 g/mol. The summed E-state index contributed by atoms with van der Waals surface area (Å²) in [6, 6.07) is 5.74. The number of carbonyl (C=O) groups excluding carboxylic acids is 2. The summed E-state index contributed by atoms with van der Waals surface area (Å²) in [5, 5.41) is 2.70. The Bertz CT molecular complexity index is 592. The summed E-state index contributed by atoms with van der Waals surface area (Å²) < 4.78 is 33.3. The summed E-state index contributed by atoms with van der Waals surface area (Å²) in [6.07, 6.45) is 1.68. The molecule has 0 unspecified atom stereocenters. The van der Waals surface area contributed by atoms with Gasteiger partial charge in [0.1, 0.15) is 5.75 Å². The molecule has 1 N–H and O–H groups in total. The van der Waals surface area contributed by atoms with E-state index in [9.17, 15) is 18.4 Å². The molecule has 0 aliphatic carbocycles. The van der Waals surface area contributed by atoms with E-state index in [-0.39, 0.29) is 5.75 Å². The number of esters is 1. The number of halogens is 2. The lowest BCUT2D eigenvalue weighted by Gasteiger charge is -2.22. The van der Waals surface area contributed by atoms with E-state index in [1.165, 1.54) is 37.3 Å². The zero-order chi connectivity index (χ0) is 18.3. The van der Waals surface area contributed by atoms with Crippen LogP contribution in [0.2, 0.25) is 0 Å². The highest BCUT2D eigenvalue weighted by atomic mass is 19.3. The van der Waals surface area contributed by atoms with Gasteiger partial charge in [-0.1, -0.05) is 12.1 Å². The Labute approximate surface area is 139 Å². The molecule has 5 nitrogen and oxygen atoms in total. The summed E-state index contributed by atoms with van der Waals surface area (Å²) >= 11 is 0. The van der Waals surface area contributed by atoms with Crippen LogP contribution in [0.15, 0.2) is 30.3 Å². The smallest absolute Gasteiger partial charge is 0.387 e. The van der Waals surface area contributed by atoms with Gasteiger partial charge in [0.05, 0.1) is 0 Å². The van der Waals surface area contributed by atoms with E-state index in [1.807, 2.05) is 20.8 Å². The zero-order valence-electron chi connectivity index (χ0n) is 14.0. The molecule has 132 valence electrons. The molecule has 0 aromatic heterocycles. The number of hydrogen-bond donors (Lipinski definition) is 1. The van der Waals surface area contributed by atoms with Gasteiger partial charge in [0.15, 0.2) is 6.10 Å². The van der Waals surface area contributed by atoms with Gasteiger partial charge in [-0.25, -0.2) is 4.79 Å². The summed E-state index contributed by atoms with van der Waals surface area (Å²) in [5.41, 5.74) is 0.177. The van der Waals surface area contributed by atoms with Crippen molar-refractivity contribution in [2.75, 3.05) is 0 Å². The van der Waals surface area contributed by atoms with E-state index in [4.69, 9.17) is 4.74 Å². The predicted octanol–water partition coefficient (Wildman–Crippen LogP) is 3.15. The van der Waals surface area contributed by atoms with E-state index in [0.29, 0.717) is 5.56 Å². The minimum atomic E-state index is -2.89. The molecule has 0 aliphatic rings. The number of alkyl halides is 2. The lowest BCUT2D eigenvalue weighted by atomic mass is 10.1. The first-order chi connectivity index (χ1) is 11.1. The molecule has 1 amide bonds. The van der Waals surface area contributed by atoms with Gasteiger partial charge in [0, 0.05) is 11.6 Å². The van der Waals surface area contributed by atoms with Crippen molar-refractivity contribution in [1.29, 1.82) is 0 Å². The molecule has 0 spiro atoms. The number of rotatable bonds is 6. The van der Waals surface area contributed by atoms with Crippen molar-refractivity contribution in [3.63, 3.8) is 0 Å². The van der Waals surface area contributed by atoms with Gasteiger partial charge in [-0.15, -0.1) is 0 Å². The highest BCUT2D eigenvalue weighted by molar-refractivity contribution is 5.90. The van der Waals surface area contributed by atoms with Crippen LogP contribution in [0.25, 0.3) is 6.08 Å². The molecule has 0 fully saturated rings. The fraction of sp³-hybridized carbons (Fsp3) is 0.412. The third kappa shape index (κ3) is 7.71. The molecular weight excluding hydrogens is 320 g/mol. The van der Waals surface area contributed by atoms with Crippen LogP contribution in [0.1, 0.15) is 33.3 Å². The quantitative estimate of drug-likeness (QED) is 0.638. The normalized spacial score (nSPS) is 13.0. The van der Waals surface area contributed by atoms with Gasteiger partial charge in [-0.05, 0) is 51.5 Å². The number of benzene rings is 1.